The first-order valence-electron chi connectivity index (χ1n) is 7.99. The zero-order valence-electron chi connectivity index (χ0n) is 13.3. The number of halogens is 1. The Kier molecular flexibility index (Phi) is 5.36. The largest absolute Gasteiger partial charge is 0.392 e. The van der Waals surface area contributed by atoms with Gasteiger partial charge >= 0.3 is 0 Å². The lowest BCUT2D eigenvalue weighted by atomic mass is 9.87. The Bertz CT molecular complexity index is 689. The van der Waals surface area contributed by atoms with Crippen molar-refractivity contribution >= 4 is 11.8 Å². The number of aliphatic hydroxyl groups excluding tert-OH is 1. The second-order valence-corrected chi connectivity index (χ2v) is 6.85. The minimum Gasteiger partial charge on any atom is -0.392 e. The molecule has 2 aromatic rings. The summed E-state index contributed by atoms with van der Waals surface area (Å²) in [6.07, 6.45) is 5.56. The molecule has 1 atom stereocenters. The van der Waals surface area contributed by atoms with Crippen molar-refractivity contribution in [1.82, 2.24) is 5.32 Å². The van der Waals surface area contributed by atoms with E-state index in [0.717, 1.165) is 18.4 Å². The Morgan fingerprint density at radius 2 is 2.13 bits per heavy atom. The zero-order valence-corrected chi connectivity index (χ0v) is 14.1. The van der Waals surface area contributed by atoms with Gasteiger partial charge in [-0.3, -0.25) is 0 Å². The Morgan fingerprint density at radius 3 is 2.91 bits per heavy atom. The van der Waals surface area contributed by atoms with Crippen molar-refractivity contribution in [2.45, 2.75) is 43.4 Å². The fourth-order valence-corrected chi connectivity index (χ4v) is 3.69. The number of hydrogen-bond donors (Lipinski definition) is 2. The van der Waals surface area contributed by atoms with E-state index in [2.05, 4.69) is 29.8 Å². The van der Waals surface area contributed by atoms with Crippen LogP contribution in [0, 0.1) is 5.82 Å². The lowest BCUT2D eigenvalue weighted by molar-refractivity contribution is 0.275. The molecule has 0 aromatic heterocycles. The van der Waals surface area contributed by atoms with Gasteiger partial charge in [0.1, 0.15) is 5.82 Å². The molecule has 0 spiro atoms. The third-order valence-electron chi connectivity index (χ3n) is 4.50. The highest BCUT2D eigenvalue weighted by Crippen LogP contribution is 2.32. The molecule has 3 rings (SSSR count). The molecule has 0 radical (unpaired) electrons. The molecule has 2 N–H and O–H groups in total. The van der Waals surface area contributed by atoms with Gasteiger partial charge in [-0.05, 0) is 66.5 Å². The summed E-state index contributed by atoms with van der Waals surface area (Å²) >= 11 is 1.78. The maximum Gasteiger partial charge on any atom is 0.128 e. The minimum absolute atomic E-state index is 0.261. The molecule has 1 aliphatic rings. The van der Waals surface area contributed by atoms with Crippen LogP contribution in [0.4, 0.5) is 4.39 Å². The summed E-state index contributed by atoms with van der Waals surface area (Å²) < 4.78 is 13.5. The van der Waals surface area contributed by atoms with Gasteiger partial charge < -0.3 is 10.4 Å². The van der Waals surface area contributed by atoms with Crippen LogP contribution in [-0.4, -0.2) is 11.4 Å². The van der Waals surface area contributed by atoms with Crippen LogP contribution in [0.2, 0.25) is 0 Å². The minimum atomic E-state index is -0.344. The Balaban J connectivity index is 1.72. The number of benzene rings is 2. The van der Waals surface area contributed by atoms with Gasteiger partial charge in [-0.25, -0.2) is 4.39 Å². The number of aliphatic hydroxyl groups is 1. The third-order valence-corrected chi connectivity index (χ3v) is 5.22. The topological polar surface area (TPSA) is 32.3 Å². The quantitative estimate of drug-likeness (QED) is 0.805. The van der Waals surface area contributed by atoms with Crippen LogP contribution < -0.4 is 5.32 Å². The van der Waals surface area contributed by atoms with E-state index in [1.165, 1.54) is 28.5 Å². The highest BCUT2D eigenvalue weighted by molar-refractivity contribution is 7.98. The molecule has 0 aliphatic heterocycles. The van der Waals surface area contributed by atoms with Crippen molar-refractivity contribution in [2.75, 3.05) is 6.26 Å². The van der Waals surface area contributed by atoms with E-state index >= 15 is 0 Å². The molecule has 0 bridgehead atoms. The standard InChI is InChI=1S/C19H22FNOS/c1-23-16-6-7-17-14(10-16)3-2-4-19(17)21-11-13-5-8-18(20)15(9-13)12-22/h5-10,19,21-22H,2-4,11-12H2,1H3. The van der Waals surface area contributed by atoms with Gasteiger partial charge in [0, 0.05) is 23.0 Å². The molecule has 23 heavy (non-hydrogen) atoms. The summed E-state index contributed by atoms with van der Waals surface area (Å²) in [5, 5.41) is 12.8. The molecular formula is C19H22FNOS. The molecule has 122 valence electrons. The molecule has 1 unspecified atom stereocenters. The van der Waals surface area contributed by atoms with Gasteiger partial charge in [-0.15, -0.1) is 11.8 Å². The average Bonchev–Trinajstić information content (AvgIpc) is 2.60. The van der Waals surface area contributed by atoms with Crippen LogP contribution >= 0.6 is 11.8 Å². The first-order valence-corrected chi connectivity index (χ1v) is 9.22. The van der Waals surface area contributed by atoms with Crippen LogP contribution in [-0.2, 0) is 19.6 Å². The SMILES string of the molecule is CSc1ccc2c(c1)CCCC2NCc1ccc(F)c(CO)c1. The maximum absolute atomic E-state index is 13.5. The Labute approximate surface area is 141 Å². The number of aryl methyl sites for hydroxylation is 1. The monoisotopic (exact) mass is 331 g/mol. The number of rotatable bonds is 5. The van der Waals surface area contributed by atoms with E-state index in [1.807, 2.05) is 0 Å². The molecule has 0 amide bonds. The van der Waals surface area contributed by atoms with E-state index in [9.17, 15) is 9.50 Å². The lowest BCUT2D eigenvalue weighted by Gasteiger charge is -2.27. The van der Waals surface area contributed by atoms with Crippen molar-refractivity contribution in [3.8, 4) is 0 Å². The zero-order chi connectivity index (χ0) is 16.2. The van der Waals surface area contributed by atoms with Crippen molar-refractivity contribution in [1.29, 1.82) is 0 Å². The summed E-state index contributed by atoms with van der Waals surface area (Å²) in [6, 6.07) is 12.0. The summed E-state index contributed by atoms with van der Waals surface area (Å²) in [6.45, 7) is 0.422. The first-order chi connectivity index (χ1) is 11.2. The highest BCUT2D eigenvalue weighted by atomic mass is 32.2. The summed E-state index contributed by atoms with van der Waals surface area (Å²) in [5.74, 6) is -0.344. The highest BCUT2D eigenvalue weighted by Gasteiger charge is 2.20. The van der Waals surface area contributed by atoms with Crippen LogP contribution in [0.1, 0.15) is 41.1 Å². The molecule has 2 aromatic carbocycles. The van der Waals surface area contributed by atoms with Crippen molar-refractivity contribution in [2.24, 2.45) is 0 Å². The van der Waals surface area contributed by atoms with Gasteiger partial charge in [-0.1, -0.05) is 12.1 Å². The van der Waals surface area contributed by atoms with Gasteiger partial charge in [0.05, 0.1) is 6.61 Å². The maximum atomic E-state index is 13.5. The van der Waals surface area contributed by atoms with Crippen LogP contribution in [0.25, 0.3) is 0 Å². The number of fused-ring (bicyclic) bond motifs is 1. The third kappa shape index (κ3) is 3.77. The second kappa shape index (κ2) is 7.47. The smallest absolute Gasteiger partial charge is 0.128 e. The molecule has 1 aliphatic carbocycles. The molecule has 0 fully saturated rings. The Morgan fingerprint density at radius 1 is 1.26 bits per heavy atom. The molecule has 0 heterocycles. The summed E-state index contributed by atoms with van der Waals surface area (Å²) in [5.41, 5.74) is 4.19. The van der Waals surface area contributed by atoms with E-state index in [-0.39, 0.29) is 12.4 Å². The average molecular weight is 331 g/mol. The van der Waals surface area contributed by atoms with Gasteiger partial charge in [-0.2, -0.15) is 0 Å². The fourth-order valence-electron chi connectivity index (χ4n) is 3.23. The van der Waals surface area contributed by atoms with Crippen molar-refractivity contribution in [3.63, 3.8) is 0 Å². The lowest BCUT2D eigenvalue weighted by Crippen LogP contribution is -2.25. The molecule has 4 heteroatoms. The molecular weight excluding hydrogens is 309 g/mol. The fraction of sp³-hybridized carbons (Fsp3) is 0.368. The van der Waals surface area contributed by atoms with E-state index in [4.69, 9.17) is 0 Å². The van der Waals surface area contributed by atoms with Gasteiger partial charge in [0.15, 0.2) is 0 Å². The predicted molar refractivity (Wildman–Crippen MR) is 93.1 cm³/mol. The van der Waals surface area contributed by atoms with E-state index in [0.29, 0.717) is 18.2 Å². The Hall–Kier alpha value is -1.36. The van der Waals surface area contributed by atoms with Gasteiger partial charge in [0.25, 0.3) is 0 Å². The first kappa shape index (κ1) is 16.5. The molecule has 0 saturated carbocycles. The number of thioether (sulfide) groups is 1. The van der Waals surface area contributed by atoms with E-state index in [1.54, 1.807) is 23.9 Å². The predicted octanol–water partition coefficient (Wildman–Crippen LogP) is 4.21. The van der Waals surface area contributed by atoms with Crippen molar-refractivity contribution < 1.29 is 9.50 Å². The van der Waals surface area contributed by atoms with Gasteiger partial charge in [0.2, 0.25) is 0 Å². The van der Waals surface area contributed by atoms with Crippen LogP contribution in [0.3, 0.4) is 0 Å². The second-order valence-electron chi connectivity index (χ2n) is 5.97. The van der Waals surface area contributed by atoms with E-state index < -0.39 is 0 Å². The summed E-state index contributed by atoms with van der Waals surface area (Å²) in [4.78, 5) is 1.32. The molecule has 2 nitrogen and oxygen atoms in total. The number of hydrogen-bond acceptors (Lipinski definition) is 3. The normalized spacial score (nSPS) is 17.1. The van der Waals surface area contributed by atoms with Crippen LogP contribution in [0.15, 0.2) is 41.3 Å². The summed E-state index contributed by atoms with van der Waals surface area (Å²) in [7, 11) is 0. The van der Waals surface area contributed by atoms with Crippen molar-refractivity contribution in [3.05, 3.63) is 64.5 Å². The molecule has 0 saturated heterocycles. The van der Waals surface area contributed by atoms with Crippen LogP contribution in [0.5, 0.6) is 0 Å². The number of nitrogens with one attached hydrogen (secondary N) is 1.